The van der Waals surface area contributed by atoms with Crippen LogP contribution >= 0.6 is 11.8 Å². The molecule has 1 fully saturated rings. The fraction of sp³-hybridized carbons (Fsp3) is 1.00. The highest BCUT2D eigenvalue weighted by atomic mass is 32.2. The third-order valence-electron chi connectivity index (χ3n) is 3.50. The fourth-order valence-corrected chi connectivity index (χ4v) is 4.78. The third-order valence-corrected chi connectivity index (χ3v) is 5.38. The molecule has 0 saturated heterocycles. The van der Waals surface area contributed by atoms with Crippen LogP contribution < -0.4 is 5.73 Å². The van der Waals surface area contributed by atoms with Crippen molar-refractivity contribution in [1.82, 2.24) is 0 Å². The van der Waals surface area contributed by atoms with Crippen LogP contribution in [0.25, 0.3) is 0 Å². The van der Waals surface area contributed by atoms with Gasteiger partial charge >= 0.3 is 0 Å². The lowest BCUT2D eigenvalue weighted by Crippen LogP contribution is -2.36. The lowest BCUT2D eigenvalue weighted by Gasteiger charge is -2.34. The van der Waals surface area contributed by atoms with E-state index in [0.29, 0.717) is 4.75 Å². The Bertz CT molecular complexity index is 158. The highest BCUT2D eigenvalue weighted by Gasteiger charge is 2.31. The minimum Gasteiger partial charge on any atom is -0.329 e. The van der Waals surface area contributed by atoms with Crippen LogP contribution in [0.3, 0.4) is 0 Å². The molecule has 0 aromatic heterocycles. The number of nitrogens with two attached hydrogens (primary N) is 1. The normalized spacial score (nSPS) is 18.6. The van der Waals surface area contributed by atoms with E-state index >= 15 is 0 Å². The molecule has 1 nitrogen and oxygen atoms in total. The van der Waals surface area contributed by atoms with Crippen molar-refractivity contribution < 1.29 is 0 Å². The van der Waals surface area contributed by atoms with Gasteiger partial charge in [0.05, 0.1) is 0 Å². The summed E-state index contributed by atoms with van der Waals surface area (Å²) in [4.78, 5) is 0. The first-order valence-electron chi connectivity index (χ1n) is 6.64. The summed E-state index contributed by atoms with van der Waals surface area (Å²) in [6, 6.07) is 0. The largest absolute Gasteiger partial charge is 0.329 e. The smallest absolute Gasteiger partial charge is 0.0284 e. The molecule has 0 spiro atoms. The molecule has 2 heteroatoms. The van der Waals surface area contributed by atoms with E-state index in [1.165, 1.54) is 51.4 Å². The molecule has 90 valence electrons. The van der Waals surface area contributed by atoms with Gasteiger partial charge < -0.3 is 5.73 Å². The van der Waals surface area contributed by atoms with Gasteiger partial charge in [-0.3, -0.25) is 0 Å². The van der Waals surface area contributed by atoms with E-state index < -0.39 is 0 Å². The molecular formula is C13H27NS. The highest BCUT2D eigenvalue weighted by molar-refractivity contribution is 8.01. The molecule has 1 saturated carbocycles. The summed E-state index contributed by atoms with van der Waals surface area (Å²) in [7, 11) is 0. The van der Waals surface area contributed by atoms with E-state index in [1.807, 2.05) is 0 Å². The SMILES string of the molecule is CCCC(CN)(CCC)SC1CCCC1. The van der Waals surface area contributed by atoms with Crippen molar-refractivity contribution in [3.63, 3.8) is 0 Å². The minimum atomic E-state index is 0.401. The summed E-state index contributed by atoms with van der Waals surface area (Å²) in [5, 5.41) is 0.909. The van der Waals surface area contributed by atoms with E-state index in [9.17, 15) is 0 Å². The summed E-state index contributed by atoms with van der Waals surface area (Å²) < 4.78 is 0.401. The van der Waals surface area contributed by atoms with Crippen LogP contribution in [0.5, 0.6) is 0 Å². The van der Waals surface area contributed by atoms with Crippen LogP contribution in [0.1, 0.15) is 65.2 Å². The quantitative estimate of drug-likeness (QED) is 0.715. The monoisotopic (exact) mass is 229 g/mol. The molecule has 0 bridgehead atoms. The van der Waals surface area contributed by atoms with Crippen molar-refractivity contribution in [2.75, 3.05) is 6.54 Å². The van der Waals surface area contributed by atoms with E-state index in [-0.39, 0.29) is 0 Å². The maximum atomic E-state index is 6.04. The average molecular weight is 229 g/mol. The van der Waals surface area contributed by atoms with Crippen LogP contribution in [-0.2, 0) is 0 Å². The third kappa shape index (κ3) is 3.99. The molecule has 1 aliphatic carbocycles. The molecule has 0 radical (unpaired) electrons. The van der Waals surface area contributed by atoms with E-state index in [0.717, 1.165) is 11.8 Å². The van der Waals surface area contributed by atoms with Crippen molar-refractivity contribution >= 4 is 11.8 Å². The zero-order valence-corrected chi connectivity index (χ0v) is 11.2. The van der Waals surface area contributed by atoms with Gasteiger partial charge in [-0.15, -0.1) is 0 Å². The minimum absolute atomic E-state index is 0.401. The second-order valence-corrected chi connectivity index (χ2v) is 6.68. The summed E-state index contributed by atoms with van der Waals surface area (Å²) in [6.45, 7) is 5.44. The van der Waals surface area contributed by atoms with Crippen molar-refractivity contribution in [3.05, 3.63) is 0 Å². The zero-order chi connectivity index (χ0) is 11.1. The second kappa shape index (κ2) is 6.80. The Hall–Kier alpha value is 0.310. The zero-order valence-electron chi connectivity index (χ0n) is 10.4. The van der Waals surface area contributed by atoms with Crippen molar-refractivity contribution in [2.45, 2.75) is 75.2 Å². The van der Waals surface area contributed by atoms with Crippen LogP contribution in [-0.4, -0.2) is 16.5 Å². The Labute approximate surface area is 99.6 Å². The Kier molecular flexibility index (Phi) is 6.06. The summed E-state index contributed by atoms with van der Waals surface area (Å²) in [6.07, 6.45) is 10.9. The number of hydrogen-bond donors (Lipinski definition) is 1. The van der Waals surface area contributed by atoms with E-state index in [2.05, 4.69) is 25.6 Å². The fourth-order valence-electron chi connectivity index (χ4n) is 2.77. The molecule has 0 aromatic rings. The van der Waals surface area contributed by atoms with Gasteiger partial charge in [0.2, 0.25) is 0 Å². The molecule has 15 heavy (non-hydrogen) atoms. The molecule has 0 heterocycles. The van der Waals surface area contributed by atoms with Gasteiger partial charge in [-0.1, -0.05) is 39.5 Å². The Morgan fingerprint density at radius 1 is 1.13 bits per heavy atom. The molecule has 2 N–H and O–H groups in total. The van der Waals surface area contributed by atoms with Gasteiger partial charge in [-0.2, -0.15) is 11.8 Å². The summed E-state index contributed by atoms with van der Waals surface area (Å²) in [5.41, 5.74) is 6.04. The number of rotatable bonds is 7. The molecule has 0 amide bonds. The Morgan fingerprint density at radius 2 is 1.67 bits per heavy atom. The highest BCUT2D eigenvalue weighted by Crippen LogP contribution is 2.42. The van der Waals surface area contributed by atoms with E-state index in [4.69, 9.17) is 5.73 Å². The molecule has 1 aliphatic rings. The first-order valence-corrected chi connectivity index (χ1v) is 7.52. The molecule has 0 aliphatic heterocycles. The predicted molar refractivity (Wildman–Crippen MR) is 71.4 cm³/mol. The topological polar surface area (TPSA) is 26.0 Å². The van der Waals surface area contributed by atoms with Gasteiger partial charge in [-0.05, 0) is 25.7 Å². The summed E-state index contributed by atoms with van der Waals surface area (Å²) >= 11 is 2.22. The van der Waals surface area contributed by atoms with Crippen molar-refractivity contribution in [2.24, 2.45) is 5.73 Å². The van der Waals surface area contributed by atoms with Gasteiger partial charge in [0.25, 0.3) is 0 Å². The Balaban J connectivity index is 2.51. The molecule has 0 atom stereocenters. The van der Waals surface area contributed by atoms with Gasteiger partial charge in [0.1, 0.15) is 0 Å². The molecule has 1 rings (SSSR count). The first kappa shape index (κ1) is 13.4. The summed E-state index contributed by atoms with van der Waals surface area (Å²) in [5.74, 6) is 0. The van der Waals surface area contributed by atoms with Crippen LogP contribution in [0, 0.1) is 0 Å². The number of hydrogen-bond acceptors (Lipinski definition) is 2. The number of thioether (sulfide) groups is 1. The van der Waals surface area contributed by atoms with Crippen molar-refractivity contribution in [1.29, 1.82) is 0 Å². The van der Waals surface area contributed by atoms with Crippen molar-refractivity contribution in [3.8, 4) is 0 Å². The molecule has 0 unspecified atom stereocenters. The lowest BCUT2D eigenvalue weighted by atomic mass is 9.97. The first-order chi connectivity index (χ1) is 7.26. The standard InChI is InChI=1S/C13H27NS/c1-3-9-13(11-14,10-4-2)15-12-7-5-6-8-12/h12H,3-11,14H2,1-2H3. The maximum absolute atomic E-state index is 6.04. The van der Waals surface area contributed by atoms with Crippen LogP contribution in [0.15, 0.2) is 0 Å². The Morgan fingerprint density at radius 3 is 2.07 bits per heavy atom. The predicted octanol–water partition coefficient (Wildman–Crippen LogP) is 3.96. The average Bonchev–Trinajstić information content (AvgIpc) is 2.71. The van der Waals surface area contributed by atoms with Crippen LogP contribution in [0.2, 0.25) is 0 Å². The van der Waals surface area contributed by atoms with Gasteiger partial charge in [0.15, 0.2) is 0 Å². The van der Waals surface area contributed by atoms with Crippen LogP contribution in [0.4, 0.5) is 0 Å². The molecular weight excluding hydrogens is 202 g/mol. The van der Waals surface area contributed by atoms with Gasteiger partial charge in [0, 0.05) is 16.5 Å². The molecule has 0 aromatic carbocycles. The second-order valence-electron chi connectivity index (χ2n) is 4.91. The maximum Gasteiger partial charge on any atom is 0.0284 e. The van der Waals surface area contributed by atoms with E-state index in [1.54, 1.807) is 0 Å². The lowest BCUT2D eigenvalue weighted by molar-refractivity contribution is 0.495. The van der Waals surface area contributed by atoms with Gasteiger partial charge in [-0.25, -0.2) is 0 Å².